The van der Waals surface area contributed by atoms with Gasteiger partial charge in [0, 0.05) is 115 Å². The van der Waals surface area contributed by atoms with Crippen LogP contribution in [0, 0.1) is 27.7 Å². The molecule has 0 radical (unpaired) electrons. The van der Waals surface area contributed by atoms with Gasteiger partial charge in [-0.2, -0.15) is 0 Å². The first kappa shape index (κ1) is 35.7. The average Bonchev–Trinajstić information content (AvgIpc) is 3.98. The lowest BCUT2D eigenvalue weighted by Gasteiger charge is -2.32. The molecule has 8 aromatic rings. The zero-order valence-corrected chi connectivity index (χ0v) is 36.4. The van der Waals surface area contributed by atoms with Crippen LogP contribution in [0.1, 0.15) is 39.0 Å². The van der Waals surface area contributed by atoms with Crippen molar-refractivity contribution in [1.29, 1.82) is 0 Å². The van der Waals surface area contributed by atoms with Crippen molar-refractivity contribution in [3.63, 3.8) is 0 Å². The molecule has 1 aliphatic carbocycles. The smallest absolute Gasteiger partial charge is 0.225 e. The molecule has 0 aromatic carbocycles. The second kappa shape index (κ2) is 14.3. The summed E-state index contributed by atoms with van der Waals surface area (Å²) >= 11 is 14.7. The summed E-state index contributed by atoms with van der Waals surface area (Å²) in [6.07, 6.45) is 0. The highest BCUT2D eigenvalue weighted by Crippen LogP contribution is 2.62. The quantitative estimate of drug-likeness (QED) is 0.128. The van der Waals surface area contributed by atoms with E-state index < -0.39 is 5.79 Å². The van der Waals surface area contributed by atoms with Gasteiger partial charge in [-0.25, -0.2) is 0 Å². The van der Waals surface area contributed by atoms with Gasteiger partial charge in [0.05, 0.1) is 0 Å². The molecule has 0 amide bonds. The summed E-state index contributed by atoms with van der Waals surface area (Å²) in [5.41, 5.74) is 4.50. The van der Waals surface area contributed by atoms with E-state index >= 15 is 0 Å². The number of methoxy groups -OCH3 is 2. The summed E-state index contributed by atoms with van der Waals surface area (Å²) in [5, 5.41) is 0. The molecular weight excluding hydrogens is 805 g/mol. The zero-order chi connectivity index (χ0) is 36.4. The van der Waals surface area contributed by atoms with Gasteiger partial charge in [-0.15, -0.1) is 90.7 Å². The molecule has 266 valence electrons. The van der Waals surface area contributed by atoms with E-state index in [0.717, 1.165) is 20.9 Å². The fourth-order valence-corrected chi connectivity index (χ4v) is 15.1. The minimum absolute atomic E-state index is 1.07. The number of hydrogen-bond acceptors (Lipinski definition) is 10. The Kier molecular flexibility index (Phi) is 9.60. The molecule has 8 aromatic heterocycles. The SMILES string of the molecule is COC1(OC)C(c2ccc(-c3ccc(C)s3)s2)=C(c2ccc(-c3ccc(C)s3)s2)C(c2ccc(-c3ccc(C)s3)s2)=C1c1ccc(-c2ccc(C)s2)s1. The fourth-order valence-electron chi connectivity index (χ4n) is 6.95. The van der Waals surface area contributed by atoms with Crippen LogP contribution in [-0.4, -0.2) is 20.0 Å². The van der Waals surface area contributed by atoms with Gasteiger partial charge >= 0.3 is 0 Å². The normalized spacial score (nSPS) is 14.4. The van der Waals surface area contributed by atoms with E-state index in [0.29, 0.717) is 0 Å². The Labute approximate surface area is 342 Å². The molecule has 53 heavy (non-hydrogen) atoms. The Bertz CT molecular complexity index is 2480. The third-order valence-electron chi connectivity index (χ3n) is 9.33. The molecule has 0 saturated carbocycles. The first-order valence-electron chi connectivity index (χ1n) is 17.0. The fraction of sp³-hybridized carbons (Fsp3) is 0.163. The maximum atomic E-state index is 6.81. The Hall–Kier alpha value is -3.00. The Morgan fingerprint density at radius 3 is 0.792 bits per heavy atom. The zero-order valence-electron chi connectivity index (χ0n) is 29.8. The van der Waals surface area contributed by atoms with E-state index in [1.54, 1.807) is 14.2 Å². The van der Waals surface area contributed by atoms with Gasteiger partial charge in [0.25, 0.3) is 0 Å². The van der Waals surface area contributed by atoms with Crippen molar-refractivity contribution in [2.45, 2.75) is 33.5 Å². The first-order valence-corrected chi connectivity index (χ1v) is 23.6. The molecule has 0 aliphatic heterocycles. The third kappa shape index (κ3) is 6.31. The van der Waals surface area contributed by atoms with Crippen molar-refractivity contribution in [3.8, 4) is 39.0 Å². The van der Waals surface area contributed by atoms with Crippen LogP contribution in [0.3, 0.4) is 0 Å². The summed E-state index contributed by atoms with van der Waals surface area (Å²) in [4.78, 5) is 20.1. The summed E-state index contributed by atoms with van der Waals surface area (Å²) in [7, 11) is 3.61. The lowest BCUT2D eigenvalue weighted by molar-refractivity contribution is -0.114. The van der Waals surface area contributed by atoms with Crippen LogP contribution in [0.5, 0.6) is 0 Å². The number of aryl methyl sites for hydroxylation is 4. The molecule has 9 rings (SSSR count). The molecule has 1 aliphatic rings. The van der Waals surface area contributed by atoms with E-state index in [-0.39, 0.29) is 0 Å². The van der Waals surface area contributed by atoms with Crippen LogP contribution < -0.4 is 0 Å². The van der Waals surface area contributed by atoms with Crippen LogP contribution in [0.25, 0.3) is 61.3 Å². The largest absolute Gasteiger partial charge is 0.345 e. The topological polar surface area (TPSA) is 18.5 Å². The van der Waals surface area contributed by atoms with Crippen LogP contribution in [0.15, 0.2) is 97.1 Å². The number of ether oxygens (including phenoxy) is 2. The van der Waals surface area contributed by atoms with Crippen LogP contribution in [0.2, 0.25) is 0 Å². The lowest BCUT2D eigenvalue weighted by atomic mass is 9.98. The van der Waals surface area contributed by atoms with E-state index in [9.17, 15) is 0 Å². The van der Waals surface area contributed by atoms with Crippen molar-refractivity contribution in [1.82, 2.24) is 0 Å². The predicted octanol–water partition coefficient (Wildman–Crippen LogP) is 15.6. The molecular formula is C43H34O2S8. The molecule has 0 fully saturated rings. The summed E-state index contributed by atoms with van der Waals surface area (Å²) in [6.45, 7) is 8.71. The molecule has 0 bridgehead atoms. The highest BCUT2D eigenvalue weighted by atomic mass is 32.1. The van der Waals surface area contributed by atoms with Gasteiger partial charge in [-0.1, -0.05) is 0 Å². The molecule has 0 unspecified atom stereocenters. The minimum Gasteiger partial charge on any atom is -0.345 e. The molecule has 0 spiro atoms. The maximum Gasteiger partial charge on any atom is 0.225 e. The van der Waals surface area contributed by atoms with Gasteiger partial charge in [-0.05, 0) is 125 Å². The number of hydrogen-bond donors (Lipinski definition) is 0. The van der Waals surface area contributed by atoms with Crippen LogP contribution >= 0.6 is 90.7 Å². The Balaban J connectivity index is 1.33. The minimum atomic E-state index is -1.15. The molecule has 0 atom stereocenters. The molecule has 2 nitrogen and oxygen atoms in total. The molecule has 10 heteroatoms. The lowest BCUT2D eigenvalue weighted by Crippen LogP contribution is -2.34. The second-order valence-electron chi connectivity index (χ2n) is 12.8. The highest BCUT2D eigenvalue weighted by Gasteiger charge is 2.51. The summed E-state index contributed by atoms with van der Waals surface area (Å²) in [6, 6.07) is 36.1. The van der Waals surface area contributed by atoms with Gasteiger partial charge < -0.3 is 9.47 Å². The maximum absolute atomic E-state index is 6.81. The second-order valence-corrected chi connectivity index (χ2v) is 22.3. The van der Waals surface area contributed by atoms with Gasteiger partial charge in [0.2, 0.25) is 5.79 Å². The van der Waals surface area contributed by atoms with Crippen molar-refractivity contribution in [2.75, 3.05) is 14.2 Å². The van der Waals surface area contributed by atoms with Crippen LogP contribution in [0.4, 0.5) is 0 Å². The predicted molar refractivity (Wildman–Crippen MR) is 240 cm³/mol. The van der Waals surface area contributed by atoms with Gasteiger partial charge in [0.15, 0.2) is 0 Å². The summed E-state index contributed by atoms with van der Waals surface area (Å²) < 4.78 is 13.6. The van der Waals surface area contributed by atoms with Gasteiger partial charge in [-0.3, -0.25) is 0 Å². The number of allylic oxidation sites excluding steroid dienone is 2. The average molecular weight is 839 g/mol. The Morgan fingerprint density at radius 1 is 0.302 bits per heavy atom. The molecule has 0 saturated heterocycles. The molecule has 0 N–H and O–H groups in total. The Morgan fingerprint density at radius 2 is 0.528 bits per heavy atom. The third-order valence-corrected chi connectivity index (χ3v) is 18.5. The van der Waals surface area contributed by atoms with Crippen LogP contribution in [-0.2, 0) is 9.47 Å². The number of thiophene rings is 8. The van der Waals surface area contributed by atoms with Crippen molar-refractivity contribution in [3.05, 3.63) is 136 Å². The van der Waals surface area contributed by atoms with Crippen molar-refractivity contribution in [2.24, 2.45) is 0 Å². The standard InChI is InChI=1S/C43H34O2S8/c1-23-7-11-27(46-23)31-15-19-35(50-31)39-40(36-20-16-32(51-36)28-12-8-24(2)47-28)42(38-22-18-34(53-38)30-14-10-26(4)49-30)43(44-5,45-6)41(39)37-21-17-33(52-37)29-13-9-25(3)48-29/h7-22H,1-6H3. The molecule has 8 heterocycles. The first-order chi connectivity index (χ1) is 25.7. The van der Waals surface area contributed by atoms with Crippen molar-refractivity contribution < 1.29 is 9.47 Å². The van der Waals surface area contributed by atoms with E-state index in [2.05, 4.69) is 125 Å². The van der Waals surface area contributed by atoms with Gasteiger partial charge in [0.1, 0.15) is 0 Å². The van der Waals surface area contributed by atoms with E-state index in [1.165, 1.54) is 79.4 Å². The monoisotopic (exact) mass is 838 g/mol. The number of rotatable bonds is 10. The summed E-state index contributed by atoms with van der Waals surface area (Å²) in [5.74, 6) is -1.15. The van der Waals surface area contributed by atoms with E-state index in [4.69, 9.17) is 9.47 Å². The van der Waals surface area contributed by atoms with E-state index in [1.807, 2.05) is 90.7 Å². The van der Waals surface area contributed by atoms with Crippen molar-refractivity contribution >= 4 is 113 Å². The highest BCUT2D eigenvalue weighted by molar-refractivity contribution is 7.25.